The Morgan fingerprint density at radius 2 is 2.33 bits per heavy atom. The summed E-state index contributed by atoms with van der Waals surface area (Å²) in [6, 6.07) is 6.07. The summed E-state index contributed by atoms with van der Waals surface area (Å²) >= 11 is 0. The molecule has 0 radical (unpaired) electrons. The van der Waals surface area contributed by atoms with Gasteiger partial charge in [0.25, 0.3) is 0 Å². The number of rotatable bonds is 5. The van der Waals surface area contributed by atoms with Gasteiger partial charge < -0.3 is 10.1 Å². The van der Waals surface area contributed by atoms with Crippen LogP contribution in [0.2, 0.25) is 0 Å². The van der Waals surface area contributed by atoms with Crippen LogP contribution in [0.4, 0.5) is 0 Å². The molecule has 80 valence electrons. The molecule has 0 unspecified atom stereocenters. The maximum Gasteiger partial charge on any atom is 0.174 e. The average Bonchev–Trinajstić information content (AvgIpc) is 2.25. The number of pyridine rings is 1. The predicted molar refractivity (Wildman–Crippen MR) is 57.3 cm³/mol. The molecular weight excluding hydrogens is 190 g/mol. The van der Waals surface area contributed by atoms with E-state index in [1.54, 1.807) is 6.20 Å². The lowest BCUT2D eigenvalue weighted by molar-refractivity contribution is 0.366. The summed E-state index contributed by atoms with van der Waals surface area (Å²) in [5.41, 5.74) is 0.966. The molecule has 0 bridgehead atoms. The Morgan fingerprint density at radius 1 is 1.53 bits per heavy atom. The standard InChI is InChI=1S/C11H15N3O/c1-9(2)13-7-10-3-4-11(8-14-10)15-6-5-12/h3-4,8-9,13H,6-7H2,1-2H3. The zero-order chi connectivity index (χ0) is 11.1. The van der Waals surface area contributed by atoms with Crippen LogP contribution < -0.4 is 10.1 Å². The van der Waals surface area contributed by atoms with Crippen LogP contribution in [0.3, 0.4) is 0 Å². The van der Waals surface area contributed by atoms with Crippen molar-refractivity contribution in [2.75, 3.05) is 6.61 Å². The molecule has 1 N–H and O–H groups in total. The van der Waals surface area contributed by atoms with Gasteiger partial charge in [-0.1, -0.05) is 13.8 Å². The van der Waals surface area contributed by atoms with Crippen molar-refractivity contribution in [3.63, 3.8) is 0 Å². The molecule has 0 saturated heterocycles. The summed E-state index contributed by atoms with van der Waals surface area (Å²) in [4.78, 5) is 4.21. The molecule has 0 saturated carbocycles. The van der Waals surface area contributed by atoms with Crippen LogP contribution in [-0.2, 0) is 6.54 Å². The van der Waals surface area contributed by atoms with E-state index in [1.807, 2.05) is 18.2 Å². The van der Waals surface area contributed by atoms with Crippen molar-refractivity contribution in [3.8, 4) is 11.8 Å². The van der Waals surface area contributed by atoms with Gasteiger partial charge in [-0.15, -0.1) is 0 Å². The van der Waals surface area contributed by atoms with E-state index < -0.39 is 0 Å². The molecule has 0 amide bonds. The Kier molecular flexibility index (Phi) is 4.58. The molecule has 0 aliphatic heterocycles. The van der Waals surface area contributed by atoms with Gasteiger partial charge in [-0.3, -0.25) is 4.98 Å². The minimum absolute atomic E-state index is 0.0608. The summed E-state index contributed by atoms with van der Waals surface area (Å²) in [6.07, 6.45) is 1.63. The van der Waals surface area contributed by atoms with Gasteiger partial charge in [0.1, 0.15) is 11.8 Å². The Hall–Kier alpha value is -1.60. The van der Waals surface area contributed by atoms with Crippen LogP contribution in [0.25, 0.3) is 0 Å². The number of nitriles is 1. The fourth-order valence-electron chi connectivity index (χ4n) is 1.03. The van der Waals surface area contributed by atoms with Gasteiger partial charge in [-0.25, -0.2) is 0 Å². The molecule has 4 heteroatoms. The Labute approximate surface area is 89.9 Å². The molecule has 0 fully saturated rings. The first-order valence-electron chi connectivity index (χ1n) is 4.90. The zero-order valence-corrected chi connectivity index (χ0v) is 9.03. The molecule has 4 nitrogen and oxygen atoms in total. The van der Waals surface area contributed by atoms with Crippen molar-refractivity contribution < 1.29 is 4.74 Å². The summed E-state index contributed by atoms with van der Waals surface area (Å²) < 4.78 is 5.09. The Morgan fingerprint density at radius 3 is 2.87 bits per heavy atom. The van der Waals surface area contributed by atoms with Gasteiger partial charge in [0.05, 0.1) is 11.9 Å². The van der Waals surface area contributed by atoms with Gasteiger partial charge in [0, 0.05) is 12.6 Å². The van der Waals surface area contributed by atoms with Crippen LogP contribution in [0.15, 0.2) is 18.3 Å². The molecule has 0 spiro atoms. The average molecular weight is 205 g/mol. The SMILES string of the molecule is CC(C)NCc1ccc(OCC#N)cn1. The summed E-state index contributed by atoms with van der Waals surface area (Å²) in [7, 11) is 0. The van der Waals surface area contributed by atoms with Crippen LogP contribution in [0.5, 0.6) is 5.75 Å². The minimum atomic E-state index is 0.0608. The number of nitrogens with zero attached hydrogens (tertiary/aromatic N) is 2. The van der Waals surface area contributed by atoms with Crippen molar-refractivity contribution in [3.05, 3.63) is 24.0 Å². The third-order valence-electron chi connectivity index (χ3n) is 1.79. The number of hydrogen-bond donors (Lipinski definition) is 1. The number of ether oxygens (including phenoxy) is 1. The molecule has 0 aliphatic rings. The lowest BCUT2D eigenvalue weighted by Gasteiger charge is -2.07. The third-order valence-corrected chi connectivity index (χ3v) is 1.79. The van der Waals surface area contributed by atoms with Crippen molar-refractivity contribution in [2.24, 2.45) is 0 Å². The first-order chi connectivity index (χ1) is 7.22. The quantitative estimate of drug-likeness (QED) is 0.791. The van der Waals surface area contributed by atoms with Crippen molar-refractivity contribution >= 4 is 0 Å². The largest absolute Gasteiger partial charge is 0.477 e. The van der Waals surface area contributed by atoms with E-state index in [9.17, 15) is 0 Å². The van der Waals surface area contributed by atoms with Gasteiger partial charge in [0.2, 0.25) is 0 Å². The molecule has 0 aliphatic carbocycles. The predicted octanol–water partition coefficient (Wildman–Crippen LogP) is 1.48. The first-order valence-corrected chi connectivity index (χ1v) is 4.90. The highest BCUT2D eigenvalue weighted by molar-refractivity contribution is 5.20. The molecule has 0 aromatic carbocycles. The molecule has 15 heavy (non-hydrogen) atoms. The van der Waals surface area contributed by atoms with Gasteiger partial charge in [-0.2, -0.15) is 5.26 Å². The van der Waals surface area contributed by atoms with Crippen LogP contribution in [0, 0.1) is 11.3 Å². The third kappa shape index (κ3) is 4.43. The Balaban J connectivity index is 2.46. The van der Waals surface area contributed by atoms with Gasteiger partial charge in [0.15, 0.2) is 6.61 Å². The zero-order valence-electron chi connectivity index (χ0n) is 9.03. The van der Waals surface area contributed by atoms with Crippen LogP contribution >= 0.6 is 0 Å². The van der Waals surface area contributed by atoms with E-state index in [0.29, 0.717) is 11.8 Å². The van der Waals surface area contributed by atoms with Crippen molar-refractivity contribution in [2.45, 2.75) is 26.4 Å². The Bertz CT molecular complexity index is 327. The van der Waals surface area contributed by atoms with E-state index in [-0.39, 0.29) is 6.61 Å². The topological polar surface area (TPSA) is 57.9 Å². The highest BCUT2D eigenvalue weighted by Gasteiger charge is 1.97. The maximum absolute atomic E-state index is 8.32. The lowest BCUT2D eigenvalue weighted by Crippen LogP contribution is -2.22. The molecule has 1 aromatic rings. The van der Waals surface area contributed by atoms with Crippen molar-refractivity contribution in [1.29, 1.82) is 5.26 Å². The van der Waals surface area contributed by atoms with E-state index in [2.05, 4.69) is 24.1 Å². The lowest BCUT2D eigenvalue weighted by atomic mass is 10.3. The second-order valence-corrected chi connectivity index (χ2v) is 3.47. The first kappa shape index (κ1) is 11.5. The second-order valence-electron chi connectivity index (χ2n) is 3.47. The van der Waals surface area contributed by atoms with E-state index in [4.69, 9.17) is 10.00 Å². The number of nitrogens with one attached hydrogen (secondary N) is 1. The maximum atomic E-state index is 8.32. The summed E-state index contributed by atoms with van der Waals surface area (Å²) in [5, 5.41) is 11.6. The monoisotopic (exact) mass is 205 g/mol. The van der Waals surface area contributed by atoms with Crippen molar-refractivity contribution in [1.82, 2.24) is 10.3 Å². The fourth-order valence-corrected chi connectivity index (χ4v) is 1.03. The van der Waals surface area contributed by atoms with Gasteiger partial charge in [-0.05, 0) is 12.1 Å². The second kappa shape index (κ2) is 5.99. The van der Waals surface area contributed by atoms with Crippen LogP contribution in [0.1, 0.15) is 19.5 Å². The molecule has 0 atom stereocenters. The fraction of sp³-hybridized carbons (Fsp3) is 0.455. The summed E-state index contributed by atoms with van der Waals surface area (Å²) in [6.45, 7) is 4.98. The molecule has 1 rings (SSSR count). The smallest absolute Gasteiger partial charge is 0.174 e. The highest BCUT2D eigenvalue weighted by Crippen LogP contribution is 2.08. The highest BCUT2D eigenvalue weighted by atomic mass is 16.5. The molecule has 1 aromatic heterocycles. The van der Waals surface area contributed by atoms with Crippen LogP contribution in [-0.4, -0.2) is 17.6 Å². The normalized spacial score (nSPS) is 10.0. The molecular formula is C11H15N3O. The number of aromatic nitrogens is 1. The summed E-state index contributed by atoms with van der Waals surface area (Å²) in [5.74, 6) is 0.629. The van der Waals surface area contributed by atoms with E-state index in [1.165, 1.54) is 0 Å². The minimum Gasteiger partial charge on any atom is -0.477 e. The van der Waals surface area contributed by atoms with E-state index >= 15 is 0 Å². The molecule has 1 heterocycles. The van der Waals surface area contributed by atoms with E-state index in [0.717, 1.165) is 12.2 Å². The van der Waals surface area contributed by atoms with Gasteiger partial charge >= 0.3 is 0 Å². The number of hydrogen-bond acceptors (Lipinski definition) is 4.